The Morgan fingerprint density at radius 1 is 0.897 bits per heavy atom. The zero-order valence-electron chi connectivity index (χ0n) is 16.5. The average Bonchev–Trinajstić information content (AvgIpc) is 2.77. The first-order chi connectivity index (χ1) is 14.2. The maximum atomic E-state index is 12.8. The van der Waals surface area contributed by atoms with Crippen molar-refractivity contribution >= 4 is 5.91 Å². The number of aryl methyl sites for hydroxylation is 1. The highest BCUT2D eigenvalue weighted by atomic mass is 16.5. The molecule has 29 heavy (non-hydrogen) atoms. The highest BCUT2D eigenvalue weighted by Gasteiger charge is 2.28. The summed E-state index contributed by atoms with van der Waals surface area (Å²) in [6, 6.07) is 21.1. The number of fused-ring (bicyclic) bond motifs is 2. The van der Waals surface area contributed by atoms with Crippen LogP contribution in [0.3, 0.4) is 0 Å². The van der Waals surface area contributed by atoms with Crippen molar-refractivity contribution in [1.29, 1.82) is 0 Å². The largest absolute Gasteiger partial charge is 0.493 e. The molecule has 0 fully saturated rings. The summed E-state index contributed by atoms with van der Waals surface area (Å²) in [4.78, 5) is 12.8. The van der Waals surface area contributed by atoms with Crippen LogP contribution >= 0.6 is 0 Å². The number of carbonyl (C=O) groups excluding carboxylic acids is 1. The molecule has 0 radical (unpaired) electrons. The lowest BCUT2D eigenvalue weighted by Crippen LogP contribution is -2.31. The van der Waals surface area contributed by atoms with Crippen molar-refractivity contribution < 1.29 is 19.0 Å². The Morgan fingerprint density at radius 2 is 1.55 bits per heavy atom. The number of nitrogens with one attached hydrogen (secondary N) is 1. The van der Waals surface area contributed by atoms with Crippen LogP contribution in [0.2, 0.25) is 0 Å². The first kappa shape index (κ1) is 18.9. The normalized spacial score (nSPS) is 12.3. The molecular formula is C24H23NO4. The van der Waals surface area contributed by atoms with Gasteiger partial charge in [-0.15, -0.1) is 0 Å². The fourth-order valence-electron chi connectivity index (χ4n) is 3.70. The molecule has 0 aromatic heterocycles. The van der Waals surface area contributed by atoms with E-state index in [1.54, 1.807) is 14.2 Å². The van der Waals surface area contributed by atoms with Crippen molar-refractivity contribution in [3.63, 3.8) is 0 Å². The smallest absolute Gasteiger partial charge is 0.221 e. The second kappa shape index (κ2) is 8.27. The van der Waals surface area contributed by atoms with Gasteiger partial charge in [0.1, 0.15) is 11.5 Å². The van der Waals surface area contributed by atoms with E-state index in [1.165, 1.54) is 0 Å². The number of hydrogen-bond acceptors (Lipinski definition) is 4. The van der Waals surface area contributed by atoms with Gasteiger partial charge in [0.25, 0.3) is 0 Å². The summed E-state index contributed by atoms with van der Waals surface area (Å²) in [6.45, 7) is 0. The van der Waals surface area contributed by atoms with Crippen LogP contribution in [-0.2, 0) is 11.2 Å². The molecule has 1 amide bonds. The second-order valence-corrected chi connectivity index (χ2v) is 6.83. The summed E-state index contributed by atoms with van der Waals surface area (Å²) >= 11 is 0. The fraction of sp³-hybridized carbons (Fsp3) is 0.208. The minimum absolute atomic E-state index is 0.0358. The van der Waals surface area contributed by atoms with E-state index in [0.717, 1.165) is 28.2 Å². The SMILES string of the molecule is COc1cccc(CCC(=O)NC2c3ccccc3Oc3ccccc32)c1OC. The van der Waals surface area contributed by atoms with Crippen LogP contribution in [0.15, 0.2) is 66.7 Å². The molecule has 3 aromatic rings. The molecule has 0 saturated carbocycles. The van der Waals surface area contributed by atoms with Crippen molar-refractivity contribution in [1.82, 2.24) is 5.32 Å². The quantitative estimate of drug-likeness (QED) is 0.667. The van der Waals surface area contributed by atoms with Crippen molar-refractivity contribution in [2.75, 3.05) is 14.2 Å². The number of benzene rings is 3. The van der Waals surface area contributed by atoms with Crippen LogP contribution in [0.25, 0.3) is 0 Å². The Balaban J connectivity index is 1.53. The van der Waals surface area contributed by atoms with Gasteiger partial charge < -0.3 is 19.5 Å². The summed E-state index contributed by atoms with van der Waals surface area (Å²) in [6.07, 6.45) is 0.893. The van der Waals surface area contributed by atoms with Gasteiger partial charge in [-0.25, -0.2) is 0 Å². The highest BCUT2D eigenvalue weighted by molar-refractivity contribution is 5.78. The number of carbonyl (C=O) groups is 1. The number of para-hydroxylation sites is 3. The number of ether oxygens (including phenoxy) is 3. The van der Waals surface area contributed by atoms with Gasteiger partial charge in [-0.2, -0.15) is 0 Å². The van der Waals surface area contributed by atoms with E-state index >= 15 is 0 Å². The van der Waals surface area contributed by atoms with Crippen LogP contribution in [-0.4, -0.2) is 20.1 Å². The molecule has 0 bridgehead atoms. The van der Waals surface area contributed by atoms with Crippen molar-refractivity contribution in [3.05, 3.63) is 83.4 Å². The summed E-state index contributed by atoms with van der Waals surface area (Å²) in [5, 5.41) is 3.18. The average molecular weight is 389 g/mol. The Labute approximate surface area is 170 Å². The Hall–Kier alpha value is -3.47. The van der Waals surface area contributed by atoms with Gasteiger partial charge in [0, 0.05) is 17.5 Å². The van der Waals surface area contributed by atoms with E-state index in [9.17, 15) is 4.79 Å². The molecule has 1 N–H and O–H groups in total. The lowest BCUT2D eigenvalue weighted by molar-refractivity contribution is -0.121. The number of hydrogen-bond donors (Lipinski definition) is 1. The first-order valence-corrected chi connectivity index (χ1v) is 9.56. The molecule has 0 saturated heterocycles. The minimum Gasteiger partial charge on any atom is -0.493 e. The Bertz CT molecular complexity index is 985. The van der Waals surface area contributed by atoms with Gasteiger partial charge in [0.15, 0.2) is 11.5 Å². The molecule has 0 aliphatic carbocycles. The molecule has 0 spiro atoms. The van der Waals surface area contributed by atoms with Gasteiger partial charge in [-0.1, -0.05) is 48.5 Å². The molecular weight excluding hydrogens is 366 g/mol. The lowest BCUT2D eigenvalue weighted by atomic mass is 9.94. The molecule has 0 atom stereocenters. The van der Waals surface area contributed by atoms with Crippen LogP contribution in [0, 0.1) is 0 Å². The predicted octanol–water partition coefficient (Wildman–Crippen LogP) is 4.65. The monoisotopic (exact) mass is 389 g/mol. The molecule has 1 heterocycles. The molecule has 3 aromatic carbocycles. The third-order valence-corrected chi connectivity index (χ3v) is 5.09. The number of amides is 1. The zero-order valence-corrected chi connectivity index (χ0v) is 16.5. The van der Waals surface area contributed by atoms with Crippen LogP contribution < -0.4 is 19.5 Å². The van der Waals surface area contributed by atoms with Crippen LogP contribution in [0.1, 0.15) is 29.2 Å². The van der Waals surface area contributed by atoms with E-state index in [2.05, 4.69) is 5.32 Å². The summed E-state index contributed by atoms with van der Waals surface area (Å²) in [5.41, 5.74) is 2.85. The van der Waals surface area contributed by atoms with Crippen molar-refractivity contribution in [3.8, 4) is 23.0 Å². The summed E-state index contributed by atoms with van der Waals surface area (Å²) < 4.78 is 16.8. The van der Waals surface area contributed by atoms with E-state index < -0.39 is 0 Å². The van der Waals surface area contributed by atoms with Gasteiger partial charge in [-0.05, 0) is 30.2 Å². The lowest BCUT2D eigenvalue weighted by Gasteiger charge is -2.28. The molecule has 1 aliphatic heterocycles. The van der Waals surface area contributed by atoms with Gasteiger partial charge in [0.05, 0.1) is 20.3 Å². The molecule has 5 nitrogen and oxygen atoms in total. The topological polar surface area (TPSA) is 56.8 Å². The van der Waals surface area contributed by atoms with Crippen molar-refractivity contribution in [2.24, 2.45) is 0 Å². The standard InChI is InChI=1S/C24H23NO4/c1-27-21-13-7-8-16(24(21)28-2)14-15-22(26)25-23-17-9-3-5-11-19(17)29-20-12-6-4-10-18(20)23/h3-13,23H,14-15H2,1-2H3,(H,25,26). The van der Waals surface area contributed by atoms with E-state index in [-0.39, 0.29) is 11.9 Å². The molecule has 0 unspecified atom stereocenters. The first-order valence-electron chi connectivity index (χ1n) is 9.56. The van der Waals surface area contributed by atoms with E-state index in [0.29, 0.717) is 24.3 Å². The molecule has 1 aliphatic rings. The van der Waals surface area contributed by atoms with Crippen LogP contribution in [0.4, 0.5) is 0 Å². The highest BCUT2D eigenvalue weighted by Crippen LogP contribution is 2.42. The van der Waals surface area contributed by atoms with Gasteiger partial charge >= 0.3 is 0 Å². The van der Waals surface area contributed by atoms with E-state index in [1.807, 2.05) is 66.7 Å². The Kier molecular flexibility index (Phi) is 5.38. The Morgan fingerprint density at radius 3 is 2.17 bits per heavy atom. The predicted molar refractivity (Wildman–Crippen MR) is 111 cm³/mol. The summed E-state index contributed by atoms with van der Waals surface area (Å²) in [7, 11) is 3.21. The molecule has 148 valence electrons. The maximum Gasteiger partial charge on any atom is 0.221 e. The second-order valence-electron chi connectivity index (χ2n) is 6.83. The van der Waals surface area contributed by atoms with Crippen LogP contribution in [0.5, 0.6) is 23.0 Å². The summed E-state index contributed by atoms with van der Waals surface area (Å²) in [5.74, 6) is 2.84. The fourth-order valence-corrected chi connectivity index (χ4v) is 3.70. The van der Waals surface area contributed by atoms with Gasteiger partial charge in [0.2, 0.25) is 5.91 Å². The molecule has 5 heteroatoms. The van der Waals surface area contributed by atoms with Gasteiger partial charge in [-0.3, -0.25) is 4.79 Å². The number of methoxy groups -OCH3 is 2. The minimum atomic E-state index is -0.240. The number of rotatable bonds is 6. The zero-order chi connectivity index (χ0) is 20.2. The van der Waals surface area contributed by atoms with Crippen molar-refractivity contribution in [2.45, 2.75) is 18.9 Å². The maximum absolute atomic E-state index is 12.8. The molecule has 4 rings (SSSR count). The third kappa shape index (κ3) is 3.76. The third-order valence-electron chi connectivity index (χ3n) is 5.09. The van der Waals surface area contributed by atoms with E-state index in [4.69, 9.17) is 14.2 Å².